The first-order valence-corrected chi connectivity index (χ1v) is 5.76. The maximum absolute atomic E-state index is 11.5. The molecule has 14 heavy (non-hydrogen) atoms. The van der Waals surface area contributed by atoms with Gasteiger partial charge in [0.15, 0.2) is 0 Å². The Morgan fingerprint density at radius 2 is 1.93 bits per heavy atom. The second-order valence-corrected chi connectivity index (χ2v) is 5.02. The van der Waals surface area contributed by atoms with Crippen molar-refractivity contribution in [1.82, 2.24) is 4.57 Å². The van der Waals surface area contributed by atoms with E-state index in [1.807, 2.05) is 24.3 Å². The number of hydrogen-bond donors (Lipinski definition) is 0. The van der Waals surface area contributed by atoms with Crippen LogP contribution in [0, 0.1) is 0 Å². The number of rotatable bonds is 0. The summed E-state index contributed by atoms with van der Waals surface area (Å²) in [7, 11) is -3.19. The minimum Gasteiger partial charge on any atom is -0.306 e. The lowest BCUT2D eigenvalue weighted by molar-refractivity contribution is 0.602. The second kappa shape index (κ2) is 2.27. The van der Waals surface area contributed by atoms with Crippen LogP contribution >= 0.6 is 0 Å². The minimum atomic E-state index is -3.19. The first-order chi connectivity index (χ1) is 6.68. The third-order valence-electron chi connectivity index (χ3n) is 2.39. The molecular formula is C10H7NO2S. The highest BCUT2D eigenvalue weighted by atomic mass is 32.2. The monoisotopic (exact) mass is 205 g/mol. The molecular weight excluding hydrogens is 198 g/mol. The highest BCUT2D eigenvalue weighted by Gasteiger charge is 2.22. The number of benzene rings is 1. The molecule has 1 aromatic heterocycles. The molecule has 0 unspecified atom stereocenters. The van der Waals surface area contributed by atoms with Gasteiger partial charge in [-0.15, -0.1) is 0 Å². The summed E-state index contributed by atoms with van der Waals surface area (Å²) in [5.41, 5.74) is 0.930. The van der Waals surface area contributed by atoms with Crippen LogP contribution in [0.15, 0.2) is 40.8 Å². The number of hydrogen-bond acceptors (Lipinski definition) is 2. The van der Waals surface area contributed by atoms with Crippen LogP contribution < -0.4 is 0 Å². The molecule has 0 amide bonds. The lowest BCUT2D eigenvalue weighted by Gasteiger charge is -1.94. The summed E-state index contributed by atoms with van der Waals surface area (Å²) in [5.74, 6) is 0. The average Bonchev–Trinajstić information content (AvgIpc) is 2.65. The smallest absolute Gasteiger partial charge is 0.217 e. The molecule has 0 radical (unpaired) electrons. The van der Waals surface area contributed by atoms with E-state index in [2.05, 4.69) is 0 Å². The number of nitrogens with zero attached hydrogens (tertiary/aromatic N) is 1. The van der Waals surface area contributed by atoms with Gasteiger partial charge in [-0.05, 0) is 12.1 Å². The van der Waals surface area contributed by atoms with Crippen LogP contribution in [-0.4, -0.2) is 13.0 Å². The molecule has 0 spiro atoms. The lowest BCUT2D eigenvalue weighted by atomic mass is 10.2. The largest absolute Gasteiger partial charge is 0.306 e. The Bertz CT molecular complexity index is 650. The van der Waals surface area contributed by atoms with E-state index in [1.54, 1.807) is 16.8 Å². The molecule has 1 aliphatic rings. The highest BCUT2D eigenvalue weighted by molar-refractivity contribution is 7.94. The molecule has 1 aromatic carbocycles. The van der Waals surface area contributed by atoms with Crippen LogP contribution in [0.4, 0.5) is 0 Å². The van der Waals surface area contributed by atoms with E-state index in [-0.39, 0.29) is 0 Å². The number of para-hydroxylation sites is 1. The Morgan fingerprint density at radius 1 is 1.14 bits per heavy atom. The highest BCUT2D eigenvalue weighted by Crippen LogP contribution is 2.28. The Hall–Kier alpha value is -1.55. The molecule has 3 nitrogen and oxygen atoms in total. The maximum Gasteiger partial charge on any atom is 0.217 e. The van der Waals surface area contributed by atoms with Crippen LogP contribution in [-0.2, 0) is 9.84 Å². The predicted octanol–water partition coefficient (Wildman–Crippen LogP) is 1.86. The number of fused-ring (bicyclic) bond motifs is 3. The molecule has 0 atom stereocenters. The normalized spacial score (nSPS) is 17.4. The van der Waals surface area contributed by atoms with E-state index in [1.165, 1.54) is 5.41 Å². The van der Waals surface area contributed by atoms with Gasteiger partial charge in [-0.25, -0.2) is 8.42 Å². The van der Waals surface area contributed by atoms with Gasteiger partial charge in [0.25, 0.3) is 0 Å². The van der Waals surface area contributed by atoms with Gasteiger partial charge < -0.3 is 4.57 Å². The van der Waals surface area contributed by atoms with Crippen molar-refractivity contribution in [2.45, 2.75) is 5.03 Å². The molecule has 0 fully saturated rings. The van der Waals surface area contributed by atoms with Gasteiger partial charge in [-0.1, -0.05) is 18.2 Å². The third kappa shape index (κ3) is 0.834. The van der Waals surface area contributed by atoms with Crippen molar-refractivity contribution in [3.63, 3.8) is 0 Å². The summed E-state index contributed by atoms with van der Waals surface area (Å²) in [5, 5.41) is 2.54. The molecule has 4 heteroatoms. The molecule has 2 aromatic rings. The molecule has 0 saturated heterocycles. The van der Waals surface area contributed by atoms with Crippen molar-refractivity contribution in [2.24, 2.45) is 0 Å². The Balaban J connectivity index is 2.55. The van der Waals surface area contributed by atoms with Crippen molar-refractivity contribution >= 4 is 26.9 Å². The van der Waals surface area contributed by atoms with Crippen LogP contribution in [0.25, 0.3) is 17.1 Å². The van der Waals surface area contributed by atoms with Gasteiger partial charge in [0.05, 0.1) is 10.9 Å². The fourth-order valence-electron chi connectivity index (χ4n) is 1.73. The van der Waals surface area contributed by atoms with Gasteiger partial charge in [0.2, 0.25) is 9.84 Å². The third-order valence-corrected chi connectivity index (χ3v) is 3.77. The maximum atomic E-state index is 11.5. The van der Waals surface area contributed by atoms with Crippen molar-refractivity contribution in [3.05, 3.63) is 35.7 Å². The number of aromatic nitrogens is 1. The predicted molar refractivity (Wildman–Crippen MR) is 54.5 cm³/mol. The summed E-state index contributed by atoms with van der Waals surface area (Å²) in [6, 6.07) is 9.31. The van der Waals surface area contributed by atoms with E-state index in [0.29, 0.717) is 5.03 Å². The van der Waals surface area contributed by atoms with Gasteiger partial charge in [0.1, 0.15) is 5.03 Å². The Labute approximate surface area is 81.2 Å². The first-order valence-electron chi connectivity index (χ1n) is 4.22. The zero-order valence-corrected chi connectivity index (χ0v) is 8.03. The summed E-state index contributed by atoms with van der Waals surface area (Å²) in [6.45, 7) is 0. The van der Waals surface area contributed by atoms with E-state index < -0.39 is 9.84 Å². The van der Waals surface area contributed by atoms with Gasteiger partial charge in [-0.2, -0.15) is 0 Å². The van der Waals surface area contributed by atoms with Crippen molar-refractivity contribution < 1.29 is 8.42 Å². The van der Waals surface area contributed by atoms with E-state index in [4.69, 9.17) is 0 Å². The van der Waals surface area contributed by atoms with E-state index in [0.717, 1.165) is 10.9 Å². The van der Waals surface area contributed by atoms with Crippen LogP contribution in [0.3, 0.4) is 0 Å². The lowest BCUT2D eigenvalue weighted by Crippen LogP contribution is -1.93. The molecule has 2 heterocycles. The Kier molecular flexibility index (Phi) is 1.27. The van der Waals surface area contributed by atoms with E-state index in [9.17, 15) is 8.42 Å². The first kappa shape index (κ1) is 7.82. The van der Waals surface area contributed by atoms with Crippen molar-refractivity contribution in [3.8, 4) is 0 Å². The molecule has 70 valence electrons. The number of sulfone groups is 1. The molecule has 1 aliphatic heterocycles. The van der Waals surface area contributed by atoms with Crippen molar-refractivity contribution in [1.29, 1.82) is 0 Å². The van der Waals surface area contributed by atoms with Gasteiger partial charge in [-0.3, -0.25) is 0 Å². The summed E-state index contributed by atoms with van der Waals surface area (Å²) < 4.78 is 24.7. The van der Waals surface area contributed by atoms with Crippen LogP contribution in [0.5, 0.6) is 0 Å². The summed E-state index contributed by atoms with van der Waals surface area (Å²) in [4.78, 5) is 0. The van der Waals surface area contributed by atoms with Gasteiger partial charge >= 0.3 is 0 Å². The fourth-order valence-corrected chi connectivity index (χ4v) is 2.88. The van der Waals surface area contributed by atoms with Crippen LogP contribution in [0.1, 0.15) is 0 Å². The average molecular weight is 205 g/mol. The summed E-state index contributed by atoms with van der Waals surface area (Å²) in [6.07, 6.45) is 1.59. The fraction of sp³-hybridized carbons (Fsp3) is 0. The van der Waals surface area contributed by atoms with E-state index >= 15 is 0 Å². The molecule has 3 rings (SSSR count). The minimum absolute atomic E-state index is 0.360. The molecule has 0 aliphatic carbocycles. The van der Waals surface area contributed by atoms with Crippen molar-refractivity contribution in [2.75, 3.05) is 0 Å². The zero-order chi connectivity index (χ0) is 9.76. The Morgan fingerprint density at radius 3 is 2.79 bits per heavy atom. The topological polar surface area (TPSA) is 39.1 Å². The standard InChI is InChI=1S/C10H7NO2S/c12-14(13)6-5-11-9-4-2-1-3-8(9)7-10(11)14/h1-7H. The quantitative estimate of drug-likeness (QED) is 0.658. The zero-order valence-electron chi connectivity index (χ0n) is 7.21. The molecule has 0 saturated carbocycles. The summed E-state index contributed by atoms with van der Waals surface area (Å²) >= 11 is 0. The van der Waals surface area contributed by atoms with Gasteiger partial charge in [0, 0.05) is 11.6 Å². The SMILES string of the molecule is O=S1(=O)C=Cn2c1cc1ccccc12. The second-order valence-electron chi connectivity index (χ2n) is 3.24. The molecule has 0 N–H and O–H groups in total. The molecule has 0 bridgehead atoms. The van der Waals surface area contributed by atoms with Crippen LogP contribution in [0.2, 0.25) is 0 Å².